The first-order valence-electron chi connectivity index (χ1n) is 14.2. The third-order valence-electron chi connectivity index (χ3n) is 8.02. The number of fused-ring (bicyclic) bond motifs is 3. The van der Waals surface area contributed by atoms with Crippen molar-refractivity contribution < 1.29 is 0 Å². The maximum atomic E-state index is 5.27. The van der Waals surface area contributed by atoms with Gasteiger partial charge >= 0.3 is 0 Å². The van der Waals surface area contributed by atoms with Crippen molar-refractivity contribution in [3.8, 4) is 44.8 Å². The van der Waals surface area contributed by atoms with Crippen molar-refractivity contribution in [1.29, 1.82) is 0 Å². The Morgan fingerprint density at radius 2 is 0.595 bits per heavy atom. The molecule has 196 valence electrons. The molecule has 0 bridgehead atoms. The highest BCUT2D eigenvalue weighted by atomic mass is 14.8. The van der Waals surface area contributed by atoms with E-state index in [1.807, 2.05) is 12.1 Å². The molecular formula is C40H26N2. The topological polar surface area (TPSA) is 25.8 Å². The van der Waals surface area contributed by atoms with E-state index in [9.17, 15) is 0 Å². The minimum atomic E-state index is 0.884. The van der Waals surface area contributed by atoms with Gasteiger partial charge in [-0.3, -0.25) is 0 Å². The predicted molar refractivity (Wildman–Crippen MR) is 176 cm³/mol. The third-order valence-corrected chi connectivity index (χ3v) is 8.02. The first-order chi connectivity index (χ1) is 20.8. The summed E-state index contributed by atoms with van der Waals surface area (Å²) in [4.78, 5) is 10.5. The molecule has 0 saturated heterocycles. The van der Waals surface area contributed by atoms with E-state index in [0.29, 0.717) is 0 Å². The maximum absolute atomic E-state index is 5.27. The van der Waals surface area contributed by atoms with Gasteiger partial charge in [0.15, 0.2) is 0 Å². The maximum Gasteiger partial charge on any atom is 0.0973 e. The molecule has 0 unspecified atom stereocenters. The smallest absolute Gasteiger partial charge is 0.0973 e. The van der Waals surface area contributed by atoms with E-state index in [1.54, 1.807) is 0 Å². The van der Waals surface area contributed by atoms with Gasteiger partial charge in [0.05, 0.1) is 22.4 Å². The molecule has 1 aromatic heterocycles. The van der Waals surface area contributed by atoms with Crippen LogP contribution in [0.5, 0.6) is 0 Å². The van der Waals surface area contributed by atoms with Gasteiger partial charge in [0.1, 0.15) is 0 Å². The zero-order valence-corrected chi connectivity index (χ0v) is 22.9. The summed E-state index contributed by atoms with van der Waals surface area (Å²) in [6.45, 7) is 0. The molecule has 0 aliphatic carbocycles. The molecule has 8 rings (SSSR count). The molecule has 42 heavy (non-hydrogen) atoms. The zero-order chi connectivity index (χ0) is 27.9. The summed E-state index contributed by atoms with van der Waals surface area (Å²) >= 11 is 0. The van der Waals surface area contributed by atoms with Crippen LogP contribution in [0.2, 0.25) is 0 Å². The molecule has 0 aliphatic heterocycles. The van der Waals surface area contributed by atoms with Gasteiger partial charge in [-0.05, 0) is 68.1 Å². The summed E-state index contributed by atoms with van der Waals surface area (Å²) in [7, 11) is 0. The molecule has 2 nitrogen and oxygen atoms in total. The Hall–Kier alpha value is -5.60. The largest absolute Gasteiger partial charge is 0.244 e. The van der Waals surface area contributed by atoms with Crippen LogP contribution >= 0.6 is 0 Å². The van der Waals surface area contributed by atoms with Crippen LogP contribution in [-0.2, 0) is 0 Å². The van der Waals surface area contributed by atoms with E-state index in [0.717, 1.165) is 33.5 Å². The van der Waals surface area contributed by atoms with Gasteiger partial charge in [-0.25, -0.2) is 9.97 Å². The number of hydrogen-bond acceptors (Lipinski definition) is 2. The zero-order valence-electron chi connectivity index (χ0n) is 22.9. The van der Waals surface area contributed by atoms with Crippen LogP contribution in [0.3, 0.4) is 0 Å². The van der Waals surface area contributed by atoms with Crippen LogP contribution < -0.4 is 0 Å². The van der Waals surface area contributed by atoms with Crippen molar-refractivity contribution in [1.82, 2.24) is 9.97 Å². The van der Waals surface area contributed by atoms with Crippen molar-refractivity contribution in [2.45, 2.75) is 0 Å². The van der Waals surface area contributed by atoms with Gasteiger partial charge in [0.2, 0.25) is 0 Å². The average molecular weight is 535 g/mol. The number of benzene rings is 7. The normalized spacial score (nSPS) is 11.3. The Morgan fingerprint density at radius 3 is 1.00 bits per heavy atom. The second-order valence-corrected chi connectivity index (χ2v) is 10.7. The molecule has 0 radical (unpaired) electrons. The van der Waals surface area contributed by atoms with Crippen LogP contribution in [0.4, 0.5) is 0 Å². The molecule has 7 aromatic carbocycles. The lowest BCUT2D eigenvalue weighted by Gasteiger charge is -2.13. The summed E-state index contributed by atoms with van der Waals surface area (Å²) in [5, 5.41) is 4.79. The van der Waals surface area contributed by atoms with E-state index in [2.05, 4.69) is 146 Å². The third kappa shape index (κ3) is 4.40. The van der Waals surface area contributed by atoms with Gasteiger partial charge in [0, 0.05) is 11.1 Å². The lowest BCUT2D eigenvalue weighted by Crippen LogP contribution is -1.96. The molecule has 0 N–H and O–H groups in total. The Kier molecular flexibility index (Phi) is 5.82. The highest BCUT2D eigenvalue weighted by Gasteiger charge is 2.15. The fourth-order valence-electron chi connectivity index (χ4n) is 5.80. The summed E-state index contributed by atoms with van der Waals surface area (Å²) in [6, 6.07) is 55.6. The molecular weight excluding hydrogens is 508 g/mol. The average Bonchev–Trinajstić information content (AvgIpc) is 3.07. The van der Waals surface area contributed by atoms with Gasteiger partial charge in [0.25, 0.3) is 0 Å². The summed E-state index contributed by atoms with van der Waals surface area (Å²) in [6.07, 6.45) is 0. The van der Waals surface area contributed by atoms with Crippen molar-refractivity contribution in [2.75, 3.05) is 0 Å². The van der Waals surface area contributed by atoms with Crippen molar-refractivity contribution >= 4 is 32.6 Å². The van der Waals surface area contributed by atoms with E-state index in [-0.39, 0.29) is 0 Å². The standard InChI is InChI=1S/C40H26N2/c1-3-9-27(10-4-1)29-15-19-31(20-16-29)39-40(32-21-17-30(18-22-32)28-11-5-2-6-12-28)42-38-26-36-24-34-14-8-7-13-33(34)23-35(36)25-37(38)41-39/h1-26H. The monoisotopic (exact) mass is 534 g/mol. The fraction of sp³-hybridized carbons (Fsp3) is 0. The Bertz CT molecular complexity index is 2040. The van der Waals surface area contributed by atoms with E-state index >= 15 is 0 Å². The molecule has 0 atom stereocenters. The molecule has 0 spiro atoms. The second-order valence-electron chi connectivity index (χ2n) is 10.7. The lowest BCUT2D eigenvalue weighted by molar-refractivity contribution is 1.30. The summed E-state index contributed by atoms with van der Waals surface area (Å²) < 4.78 is 0. The molecule has 0 saturated carbocycles. The minimum absolute atomic E-state index is 0.884. The molecule has 2 heteroatoms. The van der Waals surface area contributed by atoms with Gasteiger partial charge in [-0.1, -0.05) is 133 Å². The minimum Gasteiger partial charge on any atom is -0.244 e. The number of hydrogen-bond donors (Lipinski definition) is 0. The van der Waals surface area contributed by atoms with Crippen molar-refractivity contribution in [3.05, 3.63) is 158 Å². The van der Waals surface area contributed by atoms with Crippen LogP contribution in [-0.4, -0.2) is 9.97 Å². The Morgan fingerprint density at radius 1 is 0.262 bits per heavy atom. The first-order valence-corrected chi connectivity index (χ1v) is 14.2. The van der Waals surface area contributed by atoms with Gasteiger partial charge in [-0.15, -0.1) is 0 Å². The highest BCUT2D eigenvalue weighted by Crippen LogP contribution is 2.35. The quantitative estimate of drug-likeness (QED) is 0.210. The van der Waals surface area contributed by atoms with Gasteiger partial charge in [-0.2, -0.15) is 0 Å². The van der Waals surface area contributed by atoms with Crippen LogP contribution in [0.15, 0.2) is 158 Å². The molecule has 0 amide bonds. The highest BCUT2D eigenvalue weighted by molar-refractivity contribution is 6.04. The number of aromatic nitrogens is 2. The molecule has 0 aliphatic rings. The summed E-state index contributed by atoms with van der Waals surface area (Å²) in [5.41, 5.74) is 10.4. The van der Waals surface area contributed by atoms with E-state index in [1.165, 1.54) is 43.8 Å². The second kappa shape index (κ2) is 10.1. The van der Waals surface area contributed by atoms with E-state index < -0.39 is 0 Å². The van der Waals surface area contributed by atoms with Crippen LogP contribution in [0, 0.1) is 0 Å². The number of nitrogens with zero attached hydrogens (tertiary/aromatic N) is 2. The lowest BCUT2D eigenvalue weighted by atomic mass is 9.98. The number of rotatable bonds is 4. The molecule has 1 heterocycles. The molecule has 0 fully saturated rings. The SMILES string of the molecule is c1ccc(-c2ccc(-c3nc4cc5cc6ccccc6cc5cc4nc3-c3ccc(-c4ccccc4)cc3)cc2)cc1. The Labute approximate surface area is 244 Å². The first kappa shape index (κ1) is 24.2. The van der Waals surface area contributed by atoms with E-state index in [4.69, 9.17) is 9.97 Å². The van der Waals surface area contributed by atoms with Crippen LogP contribution in [0.25, 0.3) is 77.3 Å². The molecule has 8 aromatic rings. The predicted octanol–water partition coefficient (Wildman–Crippen LogP) is 10.6. The van der Waals surface area contributed by atoms with Crippen molar-refractivity contribution in [3.63, 3.8) is 0 Å². The Balaban J connectivity index is 1.31. The van der Waals surface area contributed by atoms with Crippen LogP contribution in [0.1, 0.15) is 0 Å². The summed E-state index contributed by atoms with van der Waals surface area (Å²) in [5.74, 6) is 0. The van der Waals surface area contributed by atoms with Crippen molar-refractivity contribution in [2.24, 2.45) is 0 Å². The fourth-order valence-corrected chi connectivity index (χ4v) is 5.80. The van der Waals surface area contributed by atoms with Gasteiger partial charge < -0.3 is 0 Å².